The fraction of sp³-hybridized carbons (Fsp3) is 0.462. The fourth-order valence-corrected chi connectivity index (χ4v) is 2.13. The number of likely N-dealkylation sites (tertiary alicyclic amines) is 1. The van der Waals surface area contributed by atoms with Gasteiger partial charge in [-0.1, -0.05) is 12.1 Å². The van der Waals surface area contributed by atoms with Crippen LogP contribution in [-0.4, -0.2) is 42.2 Å². The summed E-state index contributed by atoms with van der Waals surface area (Å²) in [5, 5.41) is 12.5. The molecule has 17 heavy (non-hydrogen) atoms. The van der Waals surface area contributed by atoms with Gasteiger partial charge >= 0.3 is 0 Å². The van der Waals surface area contributed by atoms with Crippen LogP contribution in [0.3, 0.4) is 0 Å². The Bertz CT molecular complexity index is 406. The first kappa shape index (κ1) is 12.1. The predicted molar refractivity (Wildman–Crippen MR) is 65.7 cm³/mol. The van der Waals surface area contributed by atoms with Gasteiger partial charge in [0.1, 0.15) is 0 Å². The number of nitrogens with zero attached hydrogens (tertiary/aromatic N) is 1. The van der Waals surface area contributed by atoms with E-state index in [0.717, 1.165) is 12.1 Å². The Balaban J connectivity index is 2.10. The first-order chi connectivity index (χ1) is 8.20. The van der Waals surface area contributed by atoms with E-state index in [0.29, 0.717) is 25.1 Å². The third-order valence-electron chi connectivity index (χ3n) is 3.01. The topological polar surface area (TPSA) is 52.6 Å². The van der Waals surface area contributed by atoms with E-state index in [9.17, 15) is 9.90 Å². The molecule has 0 bridgehead atoms. The highest BCUT2D eigenvalue weighted by Crippen LogP contribution is 2.14. The Morgan fingerprint density at radius 3 is 3.06 bits per heavy atom. The number of nitrogens with one attached hydrogen (secondary N) is 1. The molecule has 1 aromatic carbocycles. The number of β-amino-alcohol motifs (C(OH)–C–C–N with tert-alkyl or cyclic N) is 1. The lowest BCUT2D eigenvalue weighted by atomic mass is 10.1. The molecular weight excluding hydrogens is 216 g/mol. The van der Waals surface area contributed by atoms with E-state index in [1.165, 1.54) is 0 Å². The van der Waals surface area contributed by atoms with Gasteiger partial charge in [0.2, 0.25) is 0 Å². The van der Waals surface area contributed by atoms with Crippen molar-refractivity contribution in [2.24, 2.45) is 0 Å². The molecule has 1 fully saturated rings. The van der Waals surface area contributed by atoms with Gasteiger partial charge in [0.05, 0.1) is 6.10 Å². The van der Waals surface area contributed by atoms with Gasteiger partial charge in [0.15, 0.2) is 0 Å². The van der Waals surface area contributed by atoms with Crippen LogP contribution in [-0.2, 0) is 6.54 Å². The van der Waals surface area contributed by atoms with Gasteiger partial charge in [0, 0.05) is 25.2 Å². The van der Waals surface area contributed by atoms with E-state index >= 15 is 0 Å². The van der Waals surface area contributed by atoms with Crippen molar-refractivity contribution < 1.29 is 9.90 Å². The zero-order chi connectivity index (χ0) is 12.3. The molecule has 0 spiro atoms. The van der Waals surface area contributed by atoms with Gasteiger partial charge in [-0.2, -0.15) is 0 Å². The Labute approximate surface area is 101 Å². The SMILES string of the molecule is CNCc1cccc(C(=O)N2CC[C@@H](O)C2)c1. The Hall–Kier alpha value is -1.39. The van der Waals surface area contributed by atoms with E-state index in [-0.39, 0.29) is 12.0 Å². The molecule has 1 saturated heterocycles. The maximum absolute atomic E-state index is 12.1. The lowest BCUT2D eigenvalue weighted by Crippen LogP contribution is -2.29. The molecular formula is C13H18N2O2. The minimum atomic E-state index is -0.362. The summed E-state index contributed by atoms with van der Waals surface area (Å²) >= 11 is 0. The molecule has 2 rings (SSSR count). The van der Waals surface area contributed by atoms with Gasteiger partial charge < -0.3 is 15.3 Å². The molecule has 0 aliphatic carbocycles. The number of aliphatic hydroxyl groups excluding tert-OH is 1. The molecule has 2 N–H and O–H groups in total. The predicted octanol–water partition coefficient (Wildman–Crippen LogP) is 0.613. The second kappa shape index (κ2) is 5.29. The standard InChI is InChI=1S/C13H18N2O2/c1-14-8-10-3-2-4-11(7-10)13(17)15-6-5-12(16)9-15/h2-4,7,12,14,16H,5-6,8-9H2,1H3/t12-/m1/s1. The molecule has 4 heteroatoms. The Kier molecular flexibility index (Phi) is 3.76. The molecule has 1 aliphatic rings. The minimum Gasteiger partial charge on any atom is -0.391 e. The number of rotatable bonds is 3. The van der Waals surface area contributed by atoms with E-state index in [4.69, 9.17) is 0 Å². The van der Waals surface area contributed by atoms with Gasteiger partial charge in [0.25, 0.3) is 5.91 Å². The van der Waals surface area contributed by atoms with Crippen LogP contribution in [0.25, 0.3) is 0 Å². The van der Waals surface area contributed by atoms with E-state index in [2.05, 4.69) is 5.32 Å². The fourth-order valence-electron chi connectivity index (χ4n) is 2.13. The lowest BCUT2D eigenvalue weighted by molar-refractivity contribution is 0.0765. The van der Waals surface area contributed by atoms with Crippen molar-refractivity contribution in [3.05, 3.63) is 35.4 Å². The van der Waals surface area contributed by atoms with Crippen molar-refractivity contribution in [2.75, 3.05) is 20.1 Å². The lowest BCUT2D eigenvalue weighted by Gasteiger charge is -2.16. The maximum Gasteiger partial charge on any atom is 0.253 e. The van der Waals surface area contributed by atoms with Gasteiger partial charge in [-0.05, 0) is 31.2 Å². The van der Waals surface area contributed by atoms with Crippen LogP contribution in [0.1, 0.15) is 22.3 Å². The van der Waals surface area contributed by atoms with Gasteiger partial charge in [-0.15, -0.1) is 0 Å². The Morgan fingerprint density at radius 2 is 2.41 bits per heavy atom. The first-order valence-corrected chi connectivity index (χ1v) is 5.91. The van der Waals surface area contributed by atoms with Gasteiger partial charge in [-0.3, -0.25) is 4.79 Å². The third kappa shape index (κ3) is 2.84. The van der Waals surface area contributed by atoms with E-state index in [1.54, 1.807) is 4.90 Å². The monoisotopic (exact) mass is 234 g/mol. The van der Waals surface area contributed by atoms with Crippen molar-refractivity contribution in [3.8, 4) is 0 Å². The highest BCUT2D eigenvalue weighted by molar-refractivity contribution is 5.94. The third-order valence-corrected chi connectivity index (χ3v) is 3.01. The summed E-state index contributed by atoms with van der Waals surface area (Å²) in [6.07, 6.45) is 0.321. The summed E-state index contributed by atoms with van der Waals surface area (Å²) < 4.78 is 0. The number of hydrogen-bond acceptors (Lipinski definition) is 3. The molecule has 4 nitrogen and oxygen atoms in total. The van der Waals surface area contributed by atoms with Crippen molar-refractivity contribution in [1.29, 1.82) is 0 Å². The average molecular weight is 234 g/mol. The summed E-state index contributed by atoms with van der Waals surface area (Å²) in [6, 6.07) is 7.62. The molecule has 1 atom stereocenters. The summed E-state index contributed by atoms with van der Waals surface area (Å²) in [5.41, 5.74) is 1.80. The van der Waals surface area contributed by atoms with Crippen LogP contribution in [0.2, 0.25) is 0 Å². The van der Waals surface area contributed by atoms with Crippen LogP contribution in [0.5, 0.6) is 0 Å². The van der Waals surface area contributed by atoms with Crippen LogP contribution in [0.4, 0.5) is 0 Å². The molecule has 1 aromatic rings. The minimum absolute atomic E-state index is 0.0134. The van der Waals surface area contributed by atoms with Gasteiger partial charge in [-0.25, -0.2) is 0 Å². The smallest absolute Gasteiger partial charge is 0.253 e. The van der Waals surface area contributed by atoms with Crippen LogP contribution in [0.15, 0.2) is 24.3 Å². The molecule has 0 radical (unpaired) electrons. The molecule has 0 saturated carbocycles. The number of hydrogen-bond donors (Lipinski definition) is 2. The summed E-state index contributed by atoms with van der Waals surface area (Å²) in [7, 11) is 1.88. The zero-order valence-corrected chi connectivity index (χ0v) is 10.0. The molecule has 0 unspecified atom stereocenters. The van der Waals surface area contributed by atoms with E-state index < -0.39 is 0 Å². The van der Waals surface area contributed by atoms with Crippen molar-refractivity contribution in [2.45, 2.75) is 19.1 Å². The number of carbonyl (C=O) groups is 1. The van der Waals surface area contributed by atoms with E-state index in [1.807, 2.05) is 31.3 Å². The van der Waals surface area contributed by atoms with Crippen LogP contribution >= 0.6 is 0 Å². The second-order valence-corrected chi connectivity index (χ2v) is 4.42. The van der Waals surface area contributed by atoms with Crippen molar-refractivity contribution >= 4 is 5.91 Å². The number of amides is 1. The molecule has 1 heterocycles. The normalized spacial score (nSPS) is 19.6. The van der Waals surface area contributed by atoms with Crippen LogP contribution in [0, 0.1) is 0 Å². The summed E-state index contributed by atoms with van der Waals surface area (Å²) in [4.78, 5) is 13.9. The number of benzene rings is 1. The largest absolute Gasteiger partial charge is 0.391 e. The molecule has 1 amide bonds. The highest BCUT2D eigenvalue weighted by atomic mass is 16.3. The number of aliphatic hydroxyl groups is 1. The molecule has 1 aliphatic heterocycles. The summed E-state index contributed by atoms with van der Waals surface area (Å²) in [6.45, 7) is 1.86. The maximum atomic E-state index is 12.1. The first-order valence-electron chi connectivity index (χ1n) is 5.91. The summed E-state index contributed by atoms with van der Waals surface area (Å²) in [5.74, 6) is 0.0134. The van der Waals surface area contributed by atoms with Crippen molar-refractivity contribution in [3.63, 3.8) is 0 Å². The average Bonchev–Trinajstić information content (AvgIpc) is 2.76. The molecule has 0 aromatic heterocycles. The Morgan fingerprint density at radius 1 is 1.59 bits per heavy atom. The second-order valence-electron chi connectivity index (χ2n) is 4.42. The number of carbonyl (C=O) groups excluding carboxylic acids is 1. The van der Waals surface area contributed by atoms with Crippen LogP contribution < -0.4 is 5.32 Å². The van der Waals surface area contributed by atoms with Crippen molar-refractivity contribution in [1.82, 2.24) is 10.2 Å². The zero-order valence-electron chi connectivity index (χ0n) is 10.0. The highest BCUT2D eigenvalue weighted by Gasteiger charge is 2.25. The molecule has 92 valence electrons. The quantitative estimate of drug-likeness (QED) is 0.806.